The van der Waals surface area contributed by atoms with Crippen LogP contribution in [0.5, 0.6) is 0 Å². The average Bonchev–Trinajstić information content (AvgIpc) is 3.74. The summed E-state index contributed by atoms with van der Waals surface area (Å²) in [4.78, 5) is 58.4. The van der Waals surface area contributed by atoms with Gasteiger partial charge in [0.05, 0.1) is 29.8 Å². The lowest BCUT2D eigenvalue weighted by Crippen LogP contribution is -2.40. The topological polar surface area (TPSA) is 217 Å². The molecule has 54 heavy (non-hydrogen) atoms. The normalized spacial score (nSPS) is 14.8. The third-order valence-electron chi connectivity index (χ3n) is 7.34. The van der Waals surface area contributed by atoms with Crippen LogP contribution in [0.2, 0.25) is 5.02 Å². The Kier molecular flexibility index (Phi) is 12.8. The number of likely N-dealkylation sites (tertiary alicyclic amines) is 1. The van der Waals surface area contributed by atoms with Crippen molar-refractivity contribution in [3.05, 3.63) is 77.0 Å². The number of alkyl halides is 6. The van der Waals surface area contributed by atoms with Crippen LogP contribution in [-0.2, 0) is 29.5 Å². The summed E-state index contributed by atoms with van der Waals surface area (Å²) >= 11 is 6.36. The van der Waals surface area contributed by atoms with Gasteiger partial charge in [0, 0.05) is 49.9 Å². The van der Waals surface area contributed by atoms with Gasteiger partial charge >= 0.3 is 30.3 Å². The standard InChI is InChI=1S/C27H27ClN10O2.2C2HF3O2/c1-37-14-18(11-31-37)25(39)38-7-6-20(15-38)34-27(40)35-23-5-4-19-9-17(23)3-2-16-8-21(12-29-10-16)33-26-30-13-22(28)24(32-19)36-26;2*3-2(4,5)1(6)7/h4-5,8-14,20H,2-3,6-7,15H2,1H3,(H2,34,35,40)(H2,30,32,33,36);2*(H,6,7)/t20-;;/m0../s1. The molecule has 6 N–H and O–H groups in total. The number of aryl methyl sites for hydroxylation is 3. The highest BCUT2D eigenvalue weighted by atomic mass is 35.5. The van der Waals surface area contributed by atoms with Gasteiger partial charge in [-0.2, -0.15) is 36.4 Å². The Morgan fingerprint density at radius 3 is 2.24 bits per heavy atom. The molecule has 23 heteroatoms. The van der Waals surface area contributed by atoms with E-state index < -0.39 is 24.3 Å². The zero-order chi connectivity index (χ0) is 39.8. The number of rotatable bonds is 3. The van der Waals surface area contributed by atoms with Crippen LogP contribution in [-0.4, -0.2) is 95.2 Å². The van der Waals surface area contributed by atoms with Crippen molar-refractivity contribution in [3.63, 3.8) is 0 Å². The maximum absolute atomic E-state index is 13.0. The molecule has 1 fully saturated rings. The maximum atomic E-state index is 13.0. The molecule has 16 nitrogen and oxygen atoms in total. The molecule has 2 aliphatic rings. The van der Waals surface area contributed by atoms with E-state index in [2.05, 4.69) is 41.3 Å². The number of halogens is 7. The van der Waals surface area contributed by atoms with Crippen LogP contribution in [0.15, 0.2) is 55.2 Å². The third-order valence-corrected chi connectivity index (χ3v) is 7.62. The lowest BCUT2D eigenvalue weighted by molar-refractivity contribution is -0.193. The second-order valence-corrected chi connectivity index (χ2v) is 11.8. The number of hydrogen-bond donors (Lipinski definition) is 6. The number of nitrogens with one attached hydrogen (secondary N) is 4. The number of aliphatic carboxylic acids is 2. The van der Waals surface area contributed by atoms with Gasteiger partial charge in [0.2, 0.25) is 5.95 Å². The van der Waals surface area contributed by atoms with Gasteiger partial charge < -0.3 is 36.4 Å². The minimum absolute atomic E-state index is 0.0863. The quantitative estimate of drug-likeness (QED) is 0.149. The molecule has 2 aliphatic heterocycles. The number of urea groups is 1. The minimum atomic E-state index is -5.08. The predicted molar refractivity (Wildman–Crippen MR) is 179 cm³/mol. The molecular weight excluding hydrogens is 758 g/mol. The van der Waals surface area contributed by atoms with Gasteiger partial charge in [0.25, 0.3) is 5.91 Å². The second-order valence-electron chi connectivity index (χ2n) is 11.4. The van der Waals surface area contributed by atoms with Crippen molar-refractivity contribution in [3.8, 4) is 0 Å². The molecule has 0 unspecified atom stereocenters. The maximum Gasteiger partial charge on any atom is 0.490 e. The highest BCUT2D eigenvalue weighted by Crippen LogP contribution is 2.29. The van der Waals surface area contributed by atoms with Gasteiger partial charge in [0.15, 0.2) is 5.82 Å². The van der Waals surface area contributed by atoms with E-state index in [1.807, 2.05) is 30.5 Å². The number of nitrogens with zero attached hydrogens (tertiary/aromatic N) is 6. The monoisotopic (exact) mass is 786 g/mol. The zero-order valence-corrected chi connectivity index (χ0v) is 28.4. The molecule has 5 heterocycles. The van der Waals surface area contributed by atoms with Crippen molar-refractivity contribution in [2.75, 3.05) is 29.0 Å². The lowest BCUT2D eigenvalue weighted by Gasteiger charge is -2.18. The number of hydrogen-bond acceptors (Lipinski definition) is 10. The number of benzene rings is 1. The summed E-state index contributed by atoms with van der Waals surface area (Å²) in [6, 6.07) is 7.21. The van der Waals surface area contributed by atoms with Gasteiger partial charge in [-0.1, -0.05) is 11.6 Å². The Morgan fingerprint density at radius 1 is 0.926 bits per heavy atom. The van der Waals surface area contributed by atoms with Crippen LogP contribution >= 0.6 is 11.6 Å². The van der Waals surface area contributed by atoms with E-state index in [-0.39, 0.29) is 18.0 Å². The molecule has 3 amide bonds. The molecule has 1 aromatic carbocycles. The smallest absolute Gasteiger partial charge is 0.475 e. The zero-order valence-electron chi connectivity index (χ0n) is 27.7. The summed E-state index contributed by atoms with van der Waals surface area (Å²) < 4.78 is 65.1. The number of fused-ring (bicyclic) bond motifs is 6. The first-order valence-corrected chi connectivity index (χ1v) is 15.8. The summed E-state index contributed by atoms with van der Waals surface area (Å²) in [6.07, 6.45) is 0.181. The van der Waals surface area contributed by atoms with E-state index in [1.165, 1.54) is 6.20 Å². The van der Waals surface area contributed by atoms with E-state index in [9.17, 15) is 35.9 Å². The van der Waals surface area contributed by atoms with Crippen LogP contribution in [0.3, 0.4) is 0 Å². The Morgan fingerprint density at radius 2 is 1.61 bits per heavy atom. The second kappa shape index (κ2) is 17.1. The van der Waals surface area contributed by atoms with Gasteiger partial charge in [-0.15, -0.1) is 0 Å². The first-order chi connectivity index (χ1) is 25.3. The van der Waals surface area contributed by atoms with Crippen molar-refractivity contribution in [1.29, 1.82) is 0 Å². The number of carbonyl (C=O) groups is 4. The third kappa shape index (κ3) is 11.7. The first kappa shape index (κ1) is 40.6. The Balaban J connectivity index is 0.000000396. The van der Waals surface area contributed by atoms with E-state index in [4.69, 9.17) is 31.4 Å². The van der Waals surface area contributed by atoms with Gasteiger partial charge in [-0.3, -0.25) is 14.5 Å². The fourth-order valence-corrected chi connectivity index (χ4v) is 5.01. The highest BCUT2D eigenvalue weighted by Gasteiger charge is 2.39. The number of carbonyl (C=O) groups excluding carboxylic acids is 2. The molecule has 3 aromatic heterocycles. The molecule has 0 aliphatic carbocycles. The number of anilines is 5. The van der Waals surface area contributed by atoms with E-state index >= 15 is 0 Å². The molecule has 0 radical (unpaired) electrons. The number of pyridine rings is 1. The SMILES string of the molecule is Cn1cc(C(=O)N2CC[C@H](NC(=O)Nc3ccc4cc3CCc3cncc(c3)Nc3ncc(Cl)c(n3)N4)C2)cn1.O=C(O)C(F)(F)F.O=C(O)C(F)(F)F. The van der Waals surface area contributed by atoms with Crippen molar-refractivity contribution < 1.29 is 55.7 Å². The number of carboxylic acid groups (broad SMARTS) is 2. The summed E-state index contributed by atoms with van der Waals surface area (Å²) in [5, 5.41) is 31.1. The van der Waals surface area contributed by atoms with Crippen LogP contribution in [0.25, 0.3) is 0 Å². The van der Waals surface area contributed by atoms with Crippen molar-refractivity contribution in [1.82, 2.24) is 34.9 Å². The molecule has 0 saturated carbocycles. The molecule has 1 saturated heterocycles. The minimum Gasteiger partial charge on any atom is -0.475 e. The van der Waals surface area contributed by atoms with Crippen molar-refractivity contribution >= 4 is 64.3 Å². The molecule has 288 valence electrons. The van der Waals surface area contributed by atoms with Crippen LogP contribution in [0, 0.1) is 0 Å². The van der Waals surface area contributed by atoms with Crippen molar-refractivity contribution in [2.45, 2.75) is 37.7 Å². The summed E-state index contributed by atoms with van der Waals surface area (Å²) in [5.74, 6) is -4.75. The Bertz CT molecular complexity index is 1990. The summed E-state index contributed by atoms with van der Waals surface area (Å²) in [6.45, 7) is 1.01. The molecule has 6 rings (SSSR count). The number of aromatic nitrogens is 5. The van der Waals surface area contributed by atoms with Crippen LogP contribution < -0.4 is 21.3 Å². The average molecular weight is 787 g/mol. The largest absolute Gasteiger partial charge is 0.490 e. The number of carboxylic acids is 2. The molecule has 4 aromatic rings. The fraction of sp³-hybridized carbons (Fsp3) is 0.290. The fourth-order valence-electron chi connectivity index (χ4n) is 4.87. The van der Waals surface area contributed by atoms with Gasteiger partial charge in [-0.05, 0) is 54.7 Å². The highest BCUT2D eigenvalue weighted by molar-refractivity contribution is 6.32. The van der Waals surface area contributed by atoms with Crippen molar-refractivity contribution in [2.24, 2.45) is 7.05 Å². The predicted octanol–water partition coefficient (Wildman–Crippen LogP) is 5.15. The van der Waals surface area contributed by atoms with Gasteiger partial charge in [0.1, 0.15) is 5.02 Å². The first-order valence-electron chi connectivity index (χ1n) is 15.4. The van der Waals surface area contributed by atoms with E-state index in [1.54, 1.807) is 35.2 Å². The number of amides is 3. The van der Waals surface area contributed by atoms with Gasteiger partial charge in [-0.25, -0.2) is 19.4 Å². The molecular formula is C31H29ClF6N10O6. The van der Waals surface area contributed by atoms with E-state index in [0.29, 0.717) is 60.4 Å². The van der Waals surface area contributed by atoms with Crippen LogP contribution in [0.4, 0.5) is 60.0 Å². The Labute approximate surface area is 305 Å². The lowest BCUT2D eigenvalue weighted by atomic mass is 10.0. The molecule has 0 spiro atoms. The van der Waals surface area contributed by atoms with E-state index in [0.717, 1.165) is 22.5 Å². The molecule has 1 atom stereocenters. The van der Waals surface area contributed by atoms with Crippen LogP contribution in [0.1, 0.15) is 27.9 Å². The summed E-state index contributed by atoms with van der Waals surface area (Å²) in [5.41, 5.74) is 4.73. The Hall–Kier alpha value is -6.19. The molecule has 6 bridgehead atoms. The summed E-state index contributed by atoms with van der Waals surface area (Å²) in [7, 11) is 1.77.